The van der Waals surface area contributed by atoms with Gasteiger partial charge in [0.05, 0.1) is 47.1 Å². The van der Waals surface area contributed by atoms with Crippen LogP contribution >= 0.6 is 22.9 Å². The number of aromatic nitrogens is 4. The summed E-state index contributed by atoms with van der Waals surface area (Å²) >= 11 is 7.72. The van der Waals surface area contributed by atoms with Crippen LogP contribution in [0.4, 0.5) is 14.9 Å². The quantitative estimate of drug-likeness (QED) is 0.226. The van der Waals surface area contributed by atoms with Crippen molar-refractivity contribution in [2.45, 2.75) is 32.7 Å². The smallest absolute Gasteiger partial charge is 0.412 e. The standard InChI is InChI=1S/C27H23ClFN5O5S/c1-13(14(2)39-27(36)33-17-9-30-24(12-35)31-10-17)38-22-8-23-21(7-20(22)29)34-26(40-23)19-6-16(28)4-15-5-18(37-3)11-32-25(15)19/h4-11,13-14,35H,12H2,1-3H3,(H,33,36)/t13-,14+/m0/s1. The van der Waals surface area contributed by atoms with Gasteiger partial charge in [0.2, 0.25) is 0 Å². The summed E-state index contributed by atoms with van der Waals surface area (Å²) in [5.41, 5.74) is 2.15. The molecule has 0 bridgehead atoms. The van der Waals surface area contributed by atoms with E-state index in [9.17, 15) is 4.79 Å². The van der Waals surface area contributed by atoms with Crippen LogP contribution in [0.1, 0.15) is 19.7 Å². The summed E-state index contributed by atoms with van der Waals surface area (Å²) in [6.45, 7) is 2.98. The summed E-state index contributed by atoms with van der Waals surface area (Å²) in [4.78, 5) is 29.2. The van der Waals surface area contributed by atoms with Crippen molar-refractivity contribution < 1.29 is 28.5 Å². The van der Waals surface area contributed by atoms with Crippen molar-refractivity contribution in [3.63, 3.8) is 0 Å². The number of aliphatic hydroxyl groups excluding tert-OH is 1. The molecule has 5 rings (SSSR count). The van der Waals surface area contributed by atoms with Crippen molar-refractivity contribution in [2.75, 3.05) is 12.4 Å². The van der Waals surface area contributed by atoms with Crippen molar-refractivity contribution in [2.24, 2.45) is 0 Å². The summed E-state index contributed by atoms with van der Waals surface area (Å²) < 4.78 is 32.2. The average Bonchev–Trinajstić information content (AvgIpc) is 3.35. The lowest BCUT2D eigenvalue weighted by Gasteiger charge is -2.22. The maximum atomic E-state index is 15.0. The van der Waals surface area contributed by atoms with Crippen molar-refractivity contribution >= 4 is 55.8 Å². The van der Waals surface area contributed by atoms with Gasteiger partial charge >= 0.3 is 6.09 Å². The van der Waals surface area contributed by atoms with Crippen molar-refractivity contribution in [1.82, 2.24) is 19.9 Å². The molecule has 2 N–H and O–H groups in total. The number of aliphatic hydroxyl groups is 1. The predicted molar refractivity (Wildman–Crippen MR) is 149 cm³/mol. The number of hydrogen-bond donors (Lipinski definition) is 2. The number of pyridine rings is 1. The van der Waals surface area contributed by atoms with E-state index in [-0.39, 0.29) is 18.2 Å². The molecule has 1 amide bonds. The van der Waals surface area contributed by atoms with Crippen LogP contribution in [0.25, 0.3) is 31.7 Å². The van der Waals surface area contributed by atoms with Crippen LogP contribution in [-0.2, 0) is 11.3 Å². The Balaban J connectivity index is 1.32. The molecule has 0 unspecified atom stereocenters. The van der Waals surface area contributed by atoms with Crippen LogP contribution in [-0.4, -0.2) is 50.5 Å². The number of benzene rings is 2. The summed E-state index contributed by atoms with van der Waals surface area (Å²) in [5.74, 6) is 0.217. The topological polar surface area (TPSA) is 129 Å². The molecule has 3 aromatic heterocycles. The third-order valence-electron chi connectivity index (χ3n) is 5.99. The zero-order valence-electron chi connectivity index (χ0n) is 21.5. The number of hydrogen-bond acceptors (Lipinski definition) is 10. The SMILES string of the molecule is COc1cnc2c(-c3nc4cc(F)c(O[C@@H](C)[C@@H](C)OC(=O)Nc5cnc(CO)nc5)cc4s3)cc(Cl)cc2c1. The first-order valence-corrected chi connectivity index (χ1v) is 13.2. The molecule has 0 aliphatic heterocycles. The lowest BCUT2D eigenvalue weighted by atomic mass is 10.1. The number of nitrogens with zero attached hydrogens (tertiary/aromatic N) is 4. The predicted octanol–water partition coefficient (Wildman–Crippen LogP) is 6.00. The molecule has 13 heteroatoms. The summed E-state index contributed by atoms with van der Waals surface area (Å²) in [5, 5.41) is 13.4. The van der Waals surface area contributed by atoms with Gasteiger partial charge in [0.15, 0.2) is 17.4 Å². The maximum Gasteiger partial charge on any atom is 0.412 e. The Hall–Kier alpha value is -4.13. The molecule has 0 fully saturated rings. The number of carbonyl (C=O) groups excluding carboxylic acids is 1. The highest BCUT2D eigenvalue weighted by Crippen LogP contribution is 2.38. The van der Waals surface area contributed by atoms with E-state index >= 15 is 4.39 Å². The van der Waals surface area contributed by atoms with E-state index in [1.165, 1.54) is 29.8 Å². The third kappa shape index (κ3) is 5.88. The number of fused-ring (bicyclic) bond motifs is 2. The summed E-state index contributed by atoms with van der Waals surface area (Å²) in [7, 11) is 1.56. The fourth-order valence-electron chi connectivity index (χ4n) is 3.81. The zero-order valence-corrected chi connectivity index (χ0v) is 23.1. The third-order valence-corrected chi connectivity index (χ3v) is 7.26. The Kier molecular flexibility index (Phi) is 7.92. The van der Waals surface area contributed by atoms with Crippen LogP contribution in [0.15, 0.2) is 48.9 Å². The minimum atomic E-state index is -0.758. The number of halogens is 2. The van der Waals surface area contributed by atoms with Gasteiger partial charge in [0.25, 0.3) is 0 Å². The lowest BCUT2D eigenvalue weighted by Crippen LogP contribution is -2.32. The number of methoxy groups -OCH3 is 1. The Bertz CT molecular complexity index is 1700. The number of rotatable bonds is 8. The molecule has 5 aromatic rings. The van der Waals surface area contributed by atoms with Gasteiger partial charge in [-0.1, -0.05) is 11.6 Å². The molecule has 10 nitrogen and oxygen atoms in total. The Morgan fingerprint density at radius 3 is 2.60 bits per heavy atom. The highest BCUT2D eigenvalue weighted by atomic mass is 35.5. The number of thiazole rings is 1. The molecule has 0 aliphatic rings. The molecule has 3 heterocycles. The lowest BCUT2D eigenvalue weighted by molar-refractivity contribution is 0.0402. The van der Waals surface area contributed by atoms with E-state index in [1.807, 2.05) is 6.07 Å². The number of nitrogens with one attached hydrogen (secondary N) is 1. The molecule has 206 valence electrons. The molecule has 0 aliphatic carbocycles. The Morgan fingerprint density at radius 1 is 1.10 bits per heavy atom. The first-order valence-electron chi connectivity index (χ1n) is 12.0. The first-order chi connectivity index (χ1) is 19.2. The largest absolute Gasteiger partial charge is 0.495 e. The van der Waals surface area contributed by atoms with Crippen molar-refractivity contribution in [3.8, 4) is 22.1 Å². The van der Waals surface area contributed by atoms with Gasteiger partial charge in [0, 0.05) is 28.1 Å². The molecule has 0 saturated carbocycles. The molecule has 40 heavy (non-hydrogen) atoms. The van der Waals surface area contributed by atoms with Gasteiger partial charge in [-0.3, -0.25) is 10.3 Å². The van der Waals surface area contributed by atoms with Crippen LogP contribution in [0.3, 0.4) is 0 Å². The summed E-state index contributed by atoms with van der Waals surface area (Å²) in [6.07, 6.45) is 2.13. The van der Waals surface area contributed by atoms with Crippen molar-refractivity contribution in [3.05, 3.63) is 65.6 Å². The van der Waals surface area contributed by atoms with Crippen LogP contribution in [0, 0.1) is 5.82 Å². The molecular formula is C27H23ClFN5O5S. The van der Waals surface area contributed by atoms with E-state index in [0.717, 1.165) is 5.39 Å². The minimum absolute atomic E-state index is 0.00198. The van der Waals surface area contributed by atoms with Gasteiger partial charge in [-0.2, -0.15) is 0 Å². The number of anilines is 1. The fraction of sp³-hybridized carbons (Fsp3) is 0.222. The van der Waals surface area contributed by atoms with Gasteiger partial charge in [-0.25, -0.2) is 24.1 Å². The van der Waals surface area contributed by atoms with E-state index < -0.39 is 24.1 Å². The van der Waals surface area contributed by atoms with Gasteiger partial charge in [0.1, 0.15) is 29.6 Å². The fourth-order valence-corrected chi connectivity index (χ4v) is 5.03. The number of ether oxygens (including phenoxy) is 3. The van der Waals surface area contributed by atoms with E-state index in [2.05, 4.69) is 25.3 Å². The highest BCUT2D eigenvalue weighted by molar-refractivity contribution is 7.21. The first kappa shape index (κ1) is 27.4. The second kappa shape index (κ2) is 11.5. The van der Waals surface area contributed by atoms with Crippen molar-refractivity contribution in [1.29, 1.82) is 0 Å². The second-order valence-electron chi connectivity index (χ2n) is 8.77. The second-order valence-corrected chi connectivity index (χ2v) is 10.2. The number of carbonyl (C=O) groups is 1. The van der Waals surface area contributed by atoms with E-state index in [1.54, 1.807) is 45.4 Å². The molecule has 2 atom stereocenters. The van der Waals surface area contributed by atoms with Gasteiger partial charge < -0.3 is 19.3 Å². The van der Waals surface area contributed by atoms with Crippen LogP contribution < -0.4 is 14.8 Å². The van der Waals surface area contributed by atoms with Crippen LogP contribution in [0.5, 0.6) is 11.5 Å². The summed E-state index contributed by atoms with van der Waals surface area (Å²) in [6, 6.07) is 8.27. The maximum absolute atomic E-state index is 15.0. The molecule has 2 aromatic carbocycles. The van der Waals surface area contributed by atoms with Crippen LogP contribution in [0.2, 0.25) is 5.02 Å². The Morgan fingerprint density at radius 2 is 1.88 bits per heavy atom. The molecule has 0 saturated heterocycles. The van der Waals surface area contributed by atoms with Gasteiger partial charge in [-0.15, -0.1) is 11.3 Å². The monoisotopic (exact) mass is 583 g/mol. The highest BCUT2D eigenvalue weighted by Gasteiger charge is 2.22. The molecule has 0 spiro atoms. The normalized spacial score (nSPS) is 12.8. The molecule has 0 radical (unpaired) electrons. The average molecular weight is 584 g/mol. The van der Waals surface area contributed by atoms with E-state index in [4.69, 9.17) is 30.9 Å². The minimum Gasteiger partial charge on any atom is -0.495 e. The van der Waals surface area contributed by atoms with E-state index in [0.29, 0.717) is 42.8 Å². The number of amides is 1. The van der Waals surface area contributed by atoms with Gasteiger partial charge in [-0.05, 0) is 32.0 Å². The molecular weight excluding hydrogens is 561 g/mol. The Labute approximate surface area is 236 Å². The zero-order chi connectivity index (χ0) is 28.4.